The van der Waals surface area contributed by atoms with Crippen molar-refractivity contribution in [1.82, 2.24) is 0 Å². The van der Waals surface area contributed by atoms with Crippen LogP contribution in [0.3, 0.4) is 0 Å². The van der Waals surface area contributed by atoms with Gasteiger partial charge in [0.05, 0.1) is 12.7 Å². The molecule has 3 nitrogen and oxygen atoms in total. The van der Waals surface area contributed by atoms with Crippen LogP contribution in [0.1, 0.15) is 97.3 Å². The topological polar surface area (TPSA) is 50.1 Å². The third-order valence-electron chi connectivity index (χ3n) is 4.03. The minimum Gasteiger partial charge on any atom is -0.465 e. The molecule has 3 heteroatoms. The zero-order chi connectivity index (χ0) is 16.5. The van der Waals surface area contributed by atoms with Crippen molar-refractivity contribution in [2.24, 2.45) is 5.92 Å². The lowest BCUT2D eigenvalue weighted by Gasteiger charge is -2.09. The first-order valence-corrected chi connectivity index (χ1v) is 9.32. The maximum absolute atomic E-state index is 11.8. The van der Waals surface area contributed by atoms with E-state index in [9.17, 15) is 4.79 Å². The summed E-state index contributed by atoms with van der Waals surface area (Å²) in [5.74, 6) is -0.882. The lowest BCUT2D eigenvalue weighted by Crippen LogP contribution is -2.17. The van der Waals surface area contributed by atoms with Gasteiger partial charge in [-0.05, 0) is 12.8 Å². The molecule has 0 aliphatic rings. The highest BCUT2D eigenvalue weighted by molar-refractivity contribution is 5.75. The Labute approximate surface area is 137 Å². The Kier molecular flexibility index (Phi) is 15.6. The maximum Gasteiger partial charge on any atom is 0.323 e. The van der Waals surface area contributed by atoms with E-state index in [1.807, 2.05) is 0 Å². The molecule has 0 heterocycles. The van der Waals surface area contributed by atoms with E-state index in [4.69, 9.17) is 10.00 Å². The van der Waals surface area contributed by atoms with Crippen LogP contribution >= 0.6 is 0 Å². The second-order valence-electron chi connectivity index (χ2n) is 6.17. The van der Waals surface area contributed by atoms with Crippen LogP contribution in [0.25, 0.3) is 0 Å². The summed E-state index contributed by atoms with van der Waals surface area (Å²) < 4.78 is 5.24. The van der Waals surface area contributed by atoms with E-state index in [1.54, 1.807) is 0 Å². The molecule has 0 aromatic rings. The van der Waals surface area contributed by atoms with Crippen LogP contribution in [0.15, 0.2) is 0 Å². The Balaban J connectivity index is 3.51. The molecule has 0 amide bonds. The zero-order valence-corrected chi connectivity index (χ0v) is 14.7. The molecule has 0 spiro atoms. The zero-order valence-electron chi connectivity index (χ0n) is 14.7. The highest BCUT2D eigenvalue weighted by atomic mass is 16.5. The van der Waals surface area contributed by atoms with Crippen LogP contribution in [0.5, 0.6) is 0 Å². The van der Waals surface area contributed by atoms with Crippen molar-refractivity contribution in [3.63, 3.8) is 0 Å². The fourth-order valence-corrected chi connectivity index (χ4v) is 2.52. The summed E-state index contributed by atoms with van der Waals surface area (Å²) in [7, 11) is 0. The van der Waals surface area contributed by atoms with E-state index in [0.717, 1.165) is 25.7 Å². The smallest absolute Gasteiger partial charge is 0.323 e. The fraction of sp³-hybridized carbons (Fsp3) is 0.895. The maximum atomic E-state index is 11.8. The van der Waals surface area contributed by atoms with Gasteiger partial charge in [0.2, 0.25) is 0 Å². The molecule has 0 aromatic carbocycles. The second kappa shape index (κ2) is 16.3. The molecule has 0 aliphatic carbocycles. The quantitative estimate of drug-likeness (QED) is 0.284. The summed E-state index contributed by atoms with van der Waals surface area (Å²) in [5.41, 5.74) is 0. The van der Waals surface area contributed by atoms with Crippen LogP contribution in [-0.2, 0) is 9.53 Å². The SMILES string of the molecule is CCCCCCCCCCOC(=O)C(C#N)CCCCCC. The van der Waals surface area contributed by atoms with Crippen LogP contribution in [0, 0.1) is 17.2 Å². The Hall–Kier alpha value is -1.04. The number of hydrogen-bond acceptors (Lipinski definition) is 3. The number of rotatable bonds is 15. The monoisotopic (exact) mass is 309 g/mol. The Morgan fingerprint density at radius 2 is 1.36 bits per heavy atom. The minimum absolute atomic E-state index is 0.318. The van der Waals surface area contributed by atoms with Crippen molar-refractivity contribution in [3.8, 4) is 6.07 Å². The van der Waals surface area contributed by atoms with E-state index in [1.165, 1.54) is 51.4 Å². The summed E-state index contributed by atoms with van der Waals surface area (Å²) in [5, 5.41) is 9.05. The lowest BCUT2D eigenvalue weighted by molar-refractivity contribution is -0.146. The number of nitriles is 1. The Bertz CT molecular complexity index is 296. The van der Waals surface area contributed by atoms with Gasteiger partial charge in [0.1, 0.15) is 5.92 Å². The van der Waals surface area contributed by atoms with E-state index >= 15 is 0 Å². The first-order valence-electron chi connectivity index (χ1n) is 9.32. The molecular formula is C19H35NO2. The number of esters is 1. The molecule has 0 rings (SSSR count). The average Bonchev–Trinajstić information content (AvgIpc) is 2.53. The molecule has 128 valence electrons. The van der Waals surface area contributed by atoms with Crippen LogP contribution in [0.4, 0.5) is 0 Å². The largest absolute Gasteiger partial charge is 0.465 e. The van der Waals surface area contributed by atoms with Crippen molar-refractivity contribution in [3.05, 3.63) is 0 Å². The number of ether oxygens (including phenoxy) is 1. The normalized spacial score (nSPS) is 11.9. The molecule has 0 aromatic heterocycles. The molecule has 0 fully saturated rings. The molecule has 0 saturated heterocycles. The van der Waals surface area contributed by atoms with Crippen LogP contribution in [-0.4, -0.2) is 12.6 Å². The van der Waals surface area contributed by atoms with Gasteiger partial charge >= 0.3 is 5.97 Å². The molecular weight excluding hydrogens is 274 g/mol. The average molecular weight is 309 g/mol. The van der Waals surface area contributed by atoms with Crippen molar-refractivity contribution in [2.75, 3.05) is 6.61 Å². The number of hydrogen-bond donors (Lipinski definition) is 0. The van der Waals surface area contributed by atoms with Gasteiger partial charge in [0.25, 0.3) is 0 Å². The van der Waals surface area contributed by atoms with E-state index < -0.39 is 5.92 Å². The Morgan fingerprint density at radius 3 is 1.91 bits per heavy atom. The lowest BCUT2D eigenvalue weighted by atomic mass is 10.0. The third kappa shape index (κ3) is 12.7. The predicted molar refractivity (Wildman–Crippen MR) is 91.4 cm³/mol. The van der Waals surface area contributed by atoms with Crippen molar-refractivity contribution < 1.29 is 9.53 Å². The molecule has 0 N–H and O–H groups in total. The number of unbranched alkanes of at least 4 members (excludes halogenated alkanes) is 10. The van der Waals surface area contributed by atoms with Gasteiger partial charge in [-0.3, -0.25) is 4.79 Å². The minimum atomic E-state index is -0.564. The summed E-state index contributed by atoms with van der Waals surface area (Å²) >= 11 is 0. The summed E-state index contributed by atoms with van der Waals surface area (Å²) in [4.78, 5) is 11.8. The summed E-state index contributed by atoms with van der Waals surface area (Å²) in [6.45, 7) is 4.85. The highest BCUT2D eigenvalue weighted by Gasteiger charge is 2.18. The summed E-state index contributed by atoms with van der Waals surface area (Å²) in [6.07, 6.45) is 14.9. The standard InChI is InChI=1S/C19H35NO2/c1-3-5-7-9-10-11-12-14-16-22-19(21)18(17-20)15-13-8-6-4-2/h18H,3-16H2,1-2H3. The van der Waals surface area contributed by atoms with Crippen LogP contribution in [0.2, 0.25) is 0 Å². The van der Waals surface area contributed by atoms with Gasteiger partial charge in [-0.1, -0.05) is 84.5 Å². The molecule has 1 unspecified atom stereocenters. The molecule has 0 bridgehead atoms. The first kappa shape index (κ1) is 21.0. The van der Waals surface area contributed by atoms with Gasteiger partial charge in [0.15, 0.2) is 0 Å². The molecule has 1 atom stereocenters. The van der Waals surface area contributed by atoms with E-state index in [-0.39, 0.29) is 5.97 Å². The predicted octanol–water partition coefficient (Wildman–Crippen LogP) is 5.78. The van der Waals surface area contributed by atoms with Crippen molar-refractivity contribution >= 4 is 5.97 Å². The summed E-state index contributed by atoms with van der Waals surface area (Å²) in [6, 6.07) is 2.08. The van der Waals surface area contributed by atoms with Crippen molar-refractivity contribution in [2.45, 2.75) is 97.3 Å². The molecule has 22 heavy (non-hydrogen) atoms. The van der Waals surface area contributed by atoms with Gasteiger partial charge in [-0.25, -0.2) is 0 Å². The van der Waals surface area contributed by atoms with Crippen LogP contribution < -0.4 is 0 Å². The molecule has 0 aliphatic heterocycles. The number of carbonyl (C=O) groups is 1. The Morgan fingerprint density at radius 1 is 0.864 bits per heavy atom. The number of nitrogens with zero attached hydrogens (tertiary/aromatic N) is 1. The molecule has 0 saturated carbocycles. The van der Waals surface area contributed by atoms with Gasteiger partial charge in [-0.2, -0.15) is 5.26 Å². The fourth-order valence-electron chi connectivity index (χ4n) is 2.52. The van der Waals surface area contributed by atoms with Gasteiger partial charge in [-0.15, -0.1) is 0 Å². The van der Waals surface area contributed by atoms with Crippen molar-refractivity contribution in [1.29, 1.82) is 5.26 Å². The molecule has 0 radical (unpaired) electrons. The van der Waals surface area contributed by atoms with Gasteiger partial charge in [0, 0.05) is 0 Å². The third-order valence-corrected chi connectivity index (χ3v) is 4.03. The van der Waals surface area contributed by atoms with Gasteiger partial charge < -0.3 is 4.74 Å². The highest BCUT2D eigenvalue weighted by Crippen LogP contribution is 2.13. The number of carbonyl (C=O) groups excluding carboxylic acids is 1. The van der Waals surface area contributed by atoms with E-state index in [0.29, 0.717) is 13.0 Å². The first-order chi connectivity index (χ1) is 10.8. The second-order valence-corrected chi connectivity index (χ2v) is 6.17. The van der Waals surface area contributed by atoms with E-state index in [2.05, 4.69) is 19.9 Å².